The third-order valence-electron chi connectivity index (χ3n) is 6.82. The van der Waals surface area contributed by atoms with Gasteiger partial charge in [0.1, 0.15) is 0 Å². The lowest BCUT2D eigenvalue weighted by Crippen LogP contribution is -2.29. The van der Waals surface area contributed by atoms with Gasteiger partial charge in [0.05, 0.1) is 21.9 Å². The number of nitrogens with zero attached hydrogens (tertiary/aromatic N) is 3. The molecule has 3 aromatic carbocycles. The normalized spacial score (nSPS) is 19.6. The van der Waals surface area contributed by atoms with Gasteiger partial charge in [-0.25, -0.2) is 9.98 Å². The Morgan fingerprint density at radius 1 is 1.14 bits per heavy atom. The molecule has 1 aliphatic heterocycles. The van der Waals surface area contributed by atoms with Crippen molar-refractivity contribution in [1.29, 1.82) is 0 Å². The Hall–Kier alpha value is -3.09. The molecule has 0 spiro atoms. The van der Waals surface area contributed by atoms with Crippen LogP contribution < -0.4 is 5.32 Å². The van der Waals surface area contributed by atoms with Gasteiger partial charge in [0.2, 0.25) is 0 Å². The molecule has 2 atom stereocenters. The summed E-state index contributed by atoms with van der Waals surface area (Å²) in [6.07, 6.45) is 2.06. The molecule has 1 aliphatic carbocycles. The Labute approximate surface area is 221 Å². The average Bonchev–Trinajstić information content (AvgIpc) is 3.52. The van der Waals surface area contributed by atoms with Crippen LogP contribution in [0.15, 0.2) is 83.9 Å². The SMILES string of the molecule is C=C(C)CN1/C(=N/c2ccc(CCNc3nc4ccc(C)cc4s3)cc2)SC2Cc3ccccc3[C@@H]21. The average molecular weight is 511 g/mol. The first kappa shape index (κ1) is 23.3. The molecule has 1 aromatic heterocycles. The maximum atomic E-state index is 5.09. The molecule has 1 fully saturated rings. The van der Waals surface area contributed by atoms with Gasteiger partial charge in [-0.1, -0.05) is 77.7 Å². The number of aliphatic imine (C=N–C) groups is 1. The van der Waals surface area contributed by atoms with Crippen LogP contribution in [0.4, 0.5) is 10.8 Å². The summed E-state index contributed by atoms with van der Waals surface area (Å²) in [5.74, 6) is 0. The fourth-order valence-corrected chi connectivity index (χ4v) is 7.57. The molecule has 2 heterocycles. The highest BCUT2D eigenvalue weighted by Crippen LogP contribution is 2.49. The molecule has 0 bridgehead atoms. The van der Waals surface area contributed by atoms with Gasteiger partial charge in [0.15, 0.2) is 10.3 Å². The summed E-state index contributed by atoms with van der Waals surface area (Å²) in [7, 11) is 0. The highest BCUT2D eigenvalue weighted by Gasteiger charge is 2.44. The summed E-state index contributed by atoms with van der Waals surface area (Å²) in [5, 5.41) is 6.12. The molecule has 4 nitrogen and oxygen atoms in total. The quantitative estimate of drug-likeness (QED) is 0.261. The van der Waals surface area contributed by atoms with E-state index in [9.17, 15) is 0 Å². The van der Waals surface area contributed by atoms with Crippen LogP contribution in [0.5, 0.6) is 0 Å². The zero-order valence-electron chi connectivity index (χ0n) is 20.7. The van der Waals surface area contributed by atoms with Gasteiger partial charge in [-0.15, -0.1) is 0 Å². The molecule has 0 saturated carbocycles. The molecule has 4 aromatic rings. The van der Waals surface area contributed by atoms with Crippen LogP contribution in [0.1, 0.15) is 35.2 Å². The van der Waals surface area contributed by atoms with E-state index in [1.807, 2.05) is 11.8 Å². The van der Waals surface area contributed by atoms with E-state index in [0.717, 1.165) is 47.4 Å². The molecular formula is C30H30N4S2. The summed E-state index contributed by atoms with van der Waals surface area (Å²) < 4.78 is 1.24. The van der Waals surface area contributed by atoms with E-state index >= 15 is 0 Å². The van der Waals surface area contributed by atoms with Crippen LogP contribution in [0.2, 0.25) is 0 Å². The van der Waals surface area contributed by atoms with Crippen molar-refractivity contribution < 1.29 is 0 Å². The van der Waals surface area contributed by atoms with Crippen molar-refractivity contribution in [2.75, 3.05) is 18.4 Å². The minimum atomic E-state index is 0.387. The minimum absolute atomic E-state index is 0.387. The standard InChI is InChI=1S/C30H30N4S2/c1-19(2)18-34-28-24-7-5-4-6-22(24)17-27(28)36-30(34)32-23-11-9-21(10-12-23)14-15-31-29-33-25-13-8-20(3)16-26(25)35-29/h4-13,16,27-28H,1,14-15,17-18H2,2-3H3,(H,31,33)/b32-30-/t27?,28-/m0/s1. The molecule has 0 amide bonds. The summed E-state index contributed by atoms with van der Waals surface area (Å²) in [4.78, 5) is 12.2. The van der Waals surface area contributed by atoms with E-state index in [4.69, 9.17) is 9.98 Å². The Balaban J connectivity index is 1.13. The Bertz CT molecular complexity index is 1450. The van der Waals surface area contributed by atoms with Gasteiger partial charge in [0, 0.05) is 18.3 Å². The van der Waals surface area contributed by atoms with Crippen LogP contribution in [0.25, 0.3) is 10.2 Å². The van der Waals surface area contributed by atoms with Crippen LogP contribution in [-0.2, 0) is 12.8 Å². The fourth-order valence-electron chi connectivity index (χ4n) is 5.15. The van der Waals surface area contributed by atoms with Gasteiger partial charge >= 0.3 is 0 Å². The molecule has 1 unspecified atom stereocenters. The number of nitrogens with one attached hydrogen (secondary N) is 1. The van der Waals surface area contributed by atoms with Gasteiger partial charge in [0.25, 0.3) is 0 Å². The third kappa shape index (κ3) is 4.67. The highest BCUT2D eigenvalue weighted by atomic mass is 32.2. The van der Waals surface area contributed by atoms with Gasteiger partial charge in [-0.3, -0.25) is 0 Å². The summed E-state index contributed by atoms with van der Waals surface area (Å²) >= 11 is 3.64. The maximum absolute atomic E-state index is 5.09. The highest BCUT2D eigenvalue weighted by molar-refractivity contribution is 8.14. The van der Waals surface area contributed by atoms with E-state index in [1.165, 1.54) is 32.5 Å². The molecule has 36 heavy (non-hydrogen) atoms. The molecule has 0 radical (unpaired) electrons. The number of hydrogen-bond acceptors (Lipinski definition) is 5. The van der Waals surface area contributed by atoms with Crippen LogP contribution >= 0.6 is 23.1 Å². The molecule has 1 saturated heterocycles. The molecule has 6 rings (SSSR count). The predicted octanol–water partition coefficient (Wildman–Crippen LogP) is 7.54. The van der Waals surface area contributed by atoms with Gasteiger partial charge in [-0.2, -0.15) is 0 Å². The Kier molecular flexibility index (Phi) is 6.32. The van der Waals surface area contributed by atoms with Crippen molar-refractivity contribution in [2.24, 2.45) is 4.99 Å². The Morgan fingerprint density at radius 3 is 2.81 bits per heavy atom. The number of benzene rings is 3. The van der Waals surface area contributed by atoms with Crippen molar-refractivity contribution in [3.63, 3.8) is 0 Å². The molecule has 2 aliphatic rings. The van der Waals surface area contributed by atoms with Gasteiger partial charge in [-0.05, 0) is 73.2 Å². The number of rotatable bonds is 7. The number of aryl methyl sites for hydroxylation is 1. The van der Waals surface area contributed by atoms with Crippen LogP contribution in [0, 0.1) is 6.92 Å². The van der Waals surface area contributed by atoms with Crippen molar-refractivity contribution in [3.05, 3.63) is 101 Å². The Morgan fingerprint density at radius 2 is 1.97 bits per heavy atom. The number of thioether (sulfide) groups is 1. The van der Waals surface area contributed by atoms with E-state index in [2.05, 4.69) is 97.4 Å². The number of thiazole rings is 1. The molecule has 1 N–H and O–H groups in total. The summed E-state index contributed by atoms with van der Waals surface area (Å²) in [6, 6.07) is 24.3. The zero-order chi connectivity index (χ0) is 24.6. The maximum Gasteiger partial charge on any atom is 0.183 e. The second-order valence-electron chi connectivity index (χ2n) is 9.82. The zero-order valence-corrected chi connectivity index (χ0v) is 22.3. The van der Waals surface area contributed by atoms with Crippen molar-refractivity contribution >= 4 is 49.3 Å². The van der Waals surface area contributed by atoms with E-state index in [1.54, 1.807) is 11.3 Å². The molecule has 6 heteroatoms. The van der Waals surface area contributed by atoms with E-state index < -0.39 is 0 Å². The lowest BCUT2D eigenvalue weighted by atomic mass is 10.1. The predicted molar refractivity (Wildman–Crippen MR) is 156 cm³/mol. The first-order valence-electron chi connectivity index (χ1n) is 12.5. The van der Waals surface area contributed by atoms with Crippen LogP contribution in [-0.4, -0.2) is 33.4 Å². The van der Waals surface area contributed by atoms with Gasteiger partial charge < -0.3 is 10.2 Å². The summed E-state index contributed by atoms with van der Waals surface area (Å²) in [5.41, 5.74) is 8.74. The lowest BCUT2D eigenvalue weighted by molar-refractivity contribution is 0.363. The fraction of sp³-hybridized carbons (Fsp3) is 0.267. The molecular weight excluding hydrogens is 480 g/mol. The second-order valence-corrected chi connectivity index (χ2v) is 12.1. The summed E-state index contributed by atoms with van der Waals surface area (Å²) in [6.45, 7) is 10.1. The lowest BCUT2D eigenvalue weighted by Gasteiger charge is -2.26. The number of anilines is 1. The van der Waals surface area contributed by atoms with Crippen molar-refractivity contribution in [2.45, 2.75) is 38.0 Å². The van der Waals surface area contributed by atoms with Crippen molar-refractivity contribution in [1.82, 2.24) is 9.88 Å². The smallest absolute Gasteiger partial charge is 0.183 e. The van der Waals surface area contributed by atoms with E-state index in [0.29, 0.717) is 11.3 Å². The first-order chi connectivity index (χ1) is 17.5. The number of hydrogen-bond donors (Lipinski definition) is 1. The first-order valence-corrected chi connectivity index (χ1v) is 14.2. The molecule has 182 valence electrons. The largest absolute Gasteiger partial charge is 0.361 e. The van der Waals surface area contributed by atoms with Crippen molar-refractivity contribution in [3.8, 4) is 0 Å². The minimum Gasteiger partial charge on any atom is -0.361 e. The second kappa shape index (κ2) is 9.75. The van der Waals surface area contributed by atoms with E-state index in [-0.39, 0.29) is 0 Å². The topological polar surface area (TPSA) is 40.5 Å². The van der Waals surface area contributed by atoms with Crippen LogP contribution in [0.3, 0.4) is 0 Å². The monoisotopic (exact) mass is 510 g/mol. The number of amidine groups is 1. The number of fused-ring (bicyclic) bond motifs is 4. The number of aromatic nitrogens is 1. The third-order valence-corrected chi connectivity index (χ3v) is 9.06.